The van der Waals surface area contributed by atoms with E-state index in [1.807, 2.05) is 0 Å². The van der Waals surface area contributed by atoms with E-state index >= 15 is 0 Å². The molecule has 0 amide bonds. The van der Waals surface area contributed by atoms with E-state index in [9.17, 15) is 26.7 Å². The van der Waals surface area contributed by atoms with E-state index in [1.165, 1.54) is 14.1 Å². The number of hydrogen-bond donors (Lipinski definition) is 2. The van der Waals surface area contributed by atoms with E-state index in [0.717, 1.165) is 27.6 Å². The number of rotatable bonds is 5. The summed E-state index contributed by atoms with van der Waals surface area (Å²) in [5, 5.41) is 20.0. The summed E-state index contributed by atoms with van der Waals surface area (Å²) in [6.45, 7) is 0. The van der Waals surface area contributed by atoms with Crippen LogP contribution in [-0.4, -0.2) is 80.2 Å². The first-order chi connectivity index (χ1) is 11.4. The molecular weight excluding hydrogens is 396 g/mol. The van der Waals surface area contributed by atoms with Crippen LogP contribution < -0.4 is 0 Å². The highest BCUT2D eigenvalue weighted by Gasteiger charge is 2.46. The topological polar surface area (TPSA) is 132 Å². The molecule has 1 aliphatic rings. The van der Waals surface area contributed by atoms with E-state index in [0.29, 0.717) is 0 Å². The summed E-state index contributed by atoms with van der Waals surface area (Å²) in [5.74, 6) is -2.45. The number of carboxylic acid groups (broad SMARTS) is 1. The molecule has 1 aliphatic heterocycles. The number of hydrazine groups is 1. The van der Waals surface area contributed by atoms with Crippen LogP contribution in [0.15, 0.2) is 23.1 Å². The van der Waals surface area contributed by atoms with Gasteiger partial charge in [-0.15, -0.1) is 4.41 Å². The van der Waals surface area contributed by atoms with Gasteiger partial charge >= 0.3 is 5.97 Å². The average molecular weight is 413 g/mol. The van der Waals surface area contributed by atoms with Gasteiger partial charge in [-0.05, 0) is 18.2 Å². The van der Waals surface area contributed by atoms with Crippen molar-refractivity contribution in [3.8, 4) is 0 Å². The first-order valence-electron chi connectivity index (χ1n) is 7.00. The molecule has 0 bridgehead atoms. The van der Waals surface area contributed by atoms with Crippen molar-refractivity contribution in [3.63, 3.8) is 0 Å². The summed E-state index contributed by atoms with van der Waals surface area (Å²) < 4.78 is 50.2. The first kappa shape index (κ1) is 20.1. The van der Waals surface area contributed by atoms with Gasteiger partial charge in [-0.1, -0.05) is 11.6 Å². The predicted octanol–water partition coefficient (Wildman–Crippen LogP) is -0.337. The zero-order chi connectivity index (χ0) is 19.2. The van der Waals surface area contributed by atoms with Crippen LogP contribution >= 0.6 is 11.6 Å². The molecule has 0 aromatic heterocycles. The monoisotopic (exact) mass is 412 g/mol. The second-order valence-electron chi connectivity index (χ2n) is 5.79. The van der Waals surface area contributed by atoms with Crippen LogP contribution in [0, 0.1) is 0 Å². The van der Waals surface area contributed by atoms with Crippen LogP contribution in [0.5, 0.6) is 0 Å². The maximum atomic E-state index is 13.0. The first-order valence-corrected chi connectivity index (χ1v) is 10.6. The Morgan fingerprint density at radius 1 is 1.28 bits per heavy atom. The van der Waals surface area contributed by atoms with Crippen molar-refractivity contribution in [2.45, 2.75) is 17.0 Å². The smallest absolute Gasteiger partial charge is 0.335 e. The van der Waals surface area contributed by atoms with E-state index in [2.05, 4.69) is 0 Å². The highest BCUT2D eigenvalue weighted by molar-refractivity contribution is 7.92. The molecule has 1 aromatic rings. The average Bonchev–Trinajstić information content (AvgIpc) is 2.71. The lowest BCUT2D eigenvalue weighted by Gasteiger charge is -2.34. The number of carboxylic acids is 1. The molecule has 2 rings (SSSR count). The fraction of sp³-hybridized carbons (Fsp3) is 0.462. The molecule has 1 fully saturated rings. The van der Waals surface area contributed by atoms with Crippen LogP contribution in [0.1, 0.15) is 10.4 Å². The minimum atomic E-state index is -4.41. The zero-order valence-corrected chi connectivity index (χ0v) is 15.7. The van der Waals surface area contributed by atoms with Crippen molar-refractivity contribution in [1.29, 1.82) is 0 Å². The lowest BCUT2D eigenvalue weighted by Crippen LogP contribution is -2.53. The Kier molecular flexibility index (Phi) is 5.47. The Morgan fingerprint density at radius 3 is 2.32 bits per heavy atom. The number of benzene rings is 1. The van der Waals surface area contributed by atoms with E-state index in [4.69, 9.17) is 16.7 Å². The molecule has 2 N–H and O–H groups in total. The molecule has 0 radical (unpaired) electrons. The molecule has 1 saturated heterocycles. The van der Waals surface area contributed by atoms with Crippen LogP contribution in [0.4, 0.5) is 0 Å². The summed E-state index contributed by atoms with van der Waals surface area (Å²) in [7, 11) is -5.29. The standard InChI is InChI=1S/C13H17ClN2O7S2/c1-15(2)16(10-6-24(20,21)7-11(10)17)25(22,23)12-5-8(13(18)19)3-4-9(12)14/h3-5,10-11,17H,6-7H2,1-2H3,(H,18,19)/t10-,11+/m1/s1. The molecular formula is C13H17ClN2O7S2. The minimum absolute atomic E-state index is 0.216. The third kappa shape index (κ3) is 3.96. The Hall–Kier alpha value is -1.24. The van der Waals surface area contributed by atoms with E-state index < -0.39 is 54.4 Å². The van der Waals surface area contributed by atoms with Gasteiger partial charge in [0, 0.05) is 14.1 Å². The number of sulfonamides is 1. The van der Waals surface area contributed by atoms with Gasteiger partial charge in [0.2, 0.25) is 0 Å². The number of aromatic carboxylic acids is 1. The number of carbonyl (C=O) groups is 1. The maximum Gasteiger partial charge on any atom is 0.335 e. The molecule has 0 spiro atoms. The molecule has 0 aliphatic carbocycles. The van der Waals surface area contributed by atoms with Crippen LogP contribution in [0.2, 0.25) is 5.02 Å². The van der Waals surface area contributed by atoms with Crippen molar-refractivity contribution in [3.05, 3.63) is 28.8 Å². The Labute approximate surface area is 150 Å². The fourth-order valence-corrected chi connectivity index (χ4v) is 6.71. The molecule has 1 aromatic carbocycles. The molecule has 0 saturated carbocycles. The predicted molar refractivity (Wildman–Crippen MR) is 89.6 cm³/mol. The molecule has 140 valence electrons. The van der Waals surface area contributed by atoms with Gasteiger partial charge in [0.05, 0.1) is 34.2 Å². The Bertz CT molecular complexity index is 899. The molecule has 25 heavy (non-hydrogen) atoms. The van der Waals surface area contributed by atoms with Gasteiger partial charge in [-0.3, -0.25) is 0 Å². The highest BCUT2D eigenvalue weighted by Crippen LogP contribution is 2.30. The fourth-order valence-electron chi connectivity index (χ4n) is 2.65. The SMILES string of the molecule is CN(C)N([C@@H]1CS(=O)(=O)C[C@@H]1O)S(=O)(=O)c1cc(C(=O)O)ccc1Cl. The van der Waals surface area contributed by atoms with Gasteiger partial charge < -0.3 is 10.2 Å². The van der Waals surface area contributed by atoms with Gasteiger partial charge in [0.15, 0.2) is 9.84 Å². The summed E-state index contributed by atoms with van der Waals surface area (Å²) in [6.07, 6.45) is -1.41. The Balaban J connectivity index is 2.59. The van der Waals surface area contributed by atoms with Crippen molar-refractivity contribution in [2.75, 3.05) is 25.6 Å². The van der Waals surface area contributed by atoms with E-state index in [1.54, 1.807) is 0 Å². The molecule has 9 nitrogen and oxygen atoms in total. The quantitative estimate of drug-likeness (QED) is 0.628. The van der Waals surface area contributed by atoms with Gasteiger partial charge in [-0.25, -0.2) is 26.6 Å². The van der Waals surface area contributed by atoms with Crippen LogP contribution in [0.3, 0.4) is 0 Å². The molecule has 1 heterocycles. The minimum Gasteiger partial charge on any atom is -0.478 e. The number of aliphatic hydroxyl groups excluding tert-OH is 1. The van der Waals surface area contributed by atoms with E-state index in [-0.39, 0.29) is 10.6 Å². The summed E-state index contributed by atoms with van der Waals surface area (Å²) in [4.78, 5) is 10.6. The second kappa shape index (κ2) is 6.82. The van der Waals surface area contributed by atoms with Crippen LogP contribution in [-0.2, 0) is 19.9 Å². The number of nitrogens with zero attached hydrogens (tertiary/aromatic N) is 2. The number of hydrogen-bond acceptors (Lipinski definition) is 7. The van der Waals surface area contributed by atoms with Crippen molar-refractivity contribution in [1.82, 2.24) is 9.42 Å². The lowest BCUT2D eigenvalue weighted by atomic mass is 10.2. The zero-order valence-electron chi connectivity index (χ0n) is 13.3. The Morgan fingerprint density at radius 2 is 1.88 bits per heavy atom. The number of aliphatic hydroxyl groups is 1. The summed E-state index contributed by atoms with van der Waals surface area (Å²) in [6, 6.07) is 1.94. The summed E-state index contributed by atoms with van der Waals surface area (Å²) >= 11 is 5.94. The third-order valence-corrected chi connectivity index (χ3v) is 7.80. The molecule has 2 atom stereocenters. The second-order valence-corrected chi connectivity index (χ2v) is 10.1. The highest BCUT2D eigenvalue weighted by atomic mass is 35.5. The number of sulfone groups is 1. The summed E-state index contributed by atoms with van der Waals surface area (Å²) in [5.41, 5.74) is -0.290. The lowest BCUT2D eigenvalue weighted by molar-refractivity contribution is 0.0272. The van der Waals surface area contributed by atoms with Gasteiger partial charge in [0.25, 0.3) is 10.0 Å². The molecule has 0 unspecified atom stereocenters. The van der Waals surface area contributed by atoms with Gasteiger partial charge in [-0.2, -0.15) is 0 Å². The van der Waals surface area contributed by atoms with Crippen molar-refractivity contribution in [2.24, 2.45) is 0 Å². The van der Waals surface area contributed by atoms with Crippen molar-refractivity contribution < 1.29 is 31.8 Å². The van der Waals surface area contributed by atoms with Crippen molar-refractivity contribution >= 4 is 37.4 Å². The largest absolute Gasteiger partial charge is 0.478 e. The van der Waals surface area contributed by atoms with Crippen LogP contribution in [0.25, 0.3) is 0 Å². The third-order valence-electron chi connectivity index (χ3n) is 3.67. The molecule has 12 heteroatoms. The number of halogens is 1. The maximum absolute atomic E-state index is 13.0. The van der Waals surface area contributed by atoms with Gasteiger partial charge in [0.1, 0.15) is 4.90 Å². The normalized spacial score (nSPS) is 23.3.